The lowest BCUT2D eigenvalue weighted by atomic mass is 10.1. The molecule has 1 heterocycles. The minimum Gasteiger partial charge on any atom is -0.459 e. The van der Waals surface area contributed by atoms with Gasteiger partial charge in [0.2, 0.25) is 5.91 Å². The number of carbonyl (C=O) groups is 2. The number of carbonyl (C=O) groups excluding carboxylic acids is 2. The molecule has 0 bridgehead atoms. The third-order valence-electron chi connectivity index (χ3n) is 4.76. The van der Waals surface area contributed by atoms with Gasteiger partial charge in [0, 0.05) is 23.1 Å². The second-order valence-electron chi connectivity index (χ2n) is 7.04. The van der Waals surface area contributed by atoms with Crippen LogP contribution in [0.4, 0.5) is 0 Å². The Labute approximate surface area is 204 Å². The van der Waals surface area contributed by atoms with Crippen LogP contribution < -0.4 is 21.7 Å². The average Bonchev–Trinajstić information content (AvgIpc) is 3.10. The highest BCUT2D eigenvalue weighted by atomic mass is 127. The van der Waals surface area contributed by atoms with Crippen LogP contribution in [-0.2, 0) is 17.9 Å². The first-order chi connectivity index (χ1) is 15.0. The monoisotopic (exact) mass is 549 g/mol. The van der Waals surface area contributed by atoms with E-state index in [0.717, 1.165) is 34.4 Å². The highest BCUT2D eigenvalue weighted by Crippen LogP contribution is 2.24. The van der Waals surface area contributed by atoms with Crippen LogP contribution in [-0.4, -0.2) is 30.9 Å². The zero-order chi connectivity index (χ0) is 22.2. The first-order valence-corrected chi connectivity index (χ1v) is 10.1. The van der Waals surface area contributed by atoms with Gasteiger partial charge >= 0.3 is 0 Å². The van der Waals surface area contributed by atoms with Crippen LogP contribution in [0.25, 0.3) is 11.0 Å². The largest absolute Gasteiger partial charge is 0.459 e. The molecule has 2 amide bonds. The number of guanidine groups is 1. The number of halogens is 1. The van der Waals surface area contributed by atoms with E-state index in [4.69, 9.17) is 10.2 Å². The van der Waals surface area contributed by atoms with Crippen molar-refractivity contribution in [2.24, 2.45) is 10.7 Å². The lowest BCUT2D eigenvalue weighted by Crippen LogP contribution is -2.36. The van der Waals surface area contributed by atoms with E-state index < -0.39 is 5.91 Å². The third-order valence-corrected chi connectivity index (χ3v) is 4.76. The van der Waals surface area contributed by atoms with Crippen molar-refractivity contribution in [2.45, 2.75) is 26.9 Å². The molecule has 2 aromatic carbocycles. The van der Waals surface area contributed by atoms with Gasteiger partial charge in [0.1, 0.15) is 11.3 Å². The van der Waals surface area contributed by atoms with Crippen molar-refractivity contribution in [1.82, 2.24) is 16.0 Å². The molecule has 9 heteroatoms. The Hall–Kier alpha value is -3.08. The van der Waals surface area contributed by atoms with E-state index in [0.29, 0.717) is 24.6 Å². The van der Waals surface area contributed by atoms with Gasteiger partial charge < -0.3 is 26.1 Å². The van der Waals surface area contributed by atoms with Crippen LogP contribution in [0.1, 0.15) is 34.2 Å². The normalized spacial score (nSPS) is 11.0. The number of amides is 2. The summed E-state index contributed by atoms with van der Waals surface area (Å²) in [4.78, 5) is 27.3. The van der Waals surface area contributed by atoms with Gasteiger partial charge in [-0.05, 0) is 37.6 Å². The van der Waals surface area contributed by atoms with Crippen LogP contribution >= 0.6 is 24.0 Å². The predicted octanol–water partition coefficient (Wildman–Crippen LogP) is 2.83. The van der Waals surface area contributed by atoms with E-state index in [1.807, 2.05) is 44.2 Å². The number of aryl methyl sites for hydroxylation is 1. The van der Waals surface area contributed by atoms with Gasteiger partial charge in [-0.25, -0.2) is 4.99 Å². The summed E-state index contributed by atoms with van der Waals surface area (Å²) in [7, 11) is 0. The molecule has 1 aromatic heterocycles. The summed E-state index contributed by atoms with van der Waals surface area (Å²) < 4.78 is 5.95. The number of rotatable bonds is 8. The van der Waals surface area contributed by atoms with Crippen LogP contribution in [0.2, 0.25) is 0 Å². The van der Waals surface area contributed by atoms with Gasteiger partial charge in [-0.3, -0.25) is 9.59 Å². The first kappa shape index (κ1) is 25.2. The zero-order valence-electron chi connectivity index (χ0n) is 18.1. The topological polar surface area (TPSA) is 122 Å². The quantitative estimate of drug-likeness (QED) is 0.196. The Balaban J connectivity index is 0.00000363. The van der Waals surface area contributed by atoms with Gasteiger partial charge in [-0.15, -0.1) is 24.0 Å². The summed E-state index contributed by atoms with van der Waals surface area (Å²) >= 11 is 0. The Bertz CT molecular complexity index is 1090. The maximum atomic E-state index is 11.9. The van der Waals surface area contributed by atoms with Crippen molar-refractivity contribution in [3.8, 4) is 0 Å². The first-order valence-electron chi connectivity index (χ1n) is 10.1. The Morgan fingerprint density at radius 3 is 2.41 bits per heavy atom. The second-order valence-corrected chi connectivity index (χ2v) is 7.04. The Morgan fingerprint density at radius 2 is 1.75 bits per heavy atom. The predicted molar refractivity (Wildman–Crippen MR) is 136 cm³/mol. The molecule has 5 N–H and O–H groups in total. The summed E-state index contributed by atoms with van der Waals surface area (Å²) in [6, 6.07) is 15.0. The number of aliphatic imine (C=N–C) groups is 1. The van der Waals surface area contributed by atoms with Gasteiger partial charge in [0.25, 0.3) is 5.91 Å². The molecule has 8 nitrogen and oxygen atoms in total. The van der Waals surface area contributed by atoms with Gasteiger partial charge in [-0.1, -0.05) is 30.3 Å². The number of hydrogen-bond donors (Lipinski definition) is 4. The molecule has 0 saturated carbocycles. The third kappa shape index (κ3) is 6.71. The molecule has 3 aromatic rings. The number of primary amides is 1. The van der Waals surface area contributed by atoms with E-state index in [1.165, 1.54) is 0 Å². The van der Waals surface area contributed by atoms with Crippen LogP contribution in [0, 0.1) is 6.92 Å². The molecule has 0 aliphatic rings. The second kappa shape index (κ2) is 12.1. The minimum absolute atomic E-state index is 0. The van der Waals surface area contributed by atoms with E-state index in [2.05, 4.69) is 27.0 Å². The maximum Gasteiger partial charge on any atom is 0.251 e. The number of hydrogen-bond acceptors (Lipinski definition) is 4. The molecule has 0 unspecified atom stereocenters. The van der Waals surface area contributed by atoms with E-state index in [1.54, 1.807) is 12.1 Å². The zero-order valence-corrected chi connectivity index (χ0v) is 20.4. The van der Waals surface area contributed by atoms with Crippen molar-refractivity contribution in [2.75, 3.05) is 13.1 Å². The molecular weight excluding hydrogens is 521 g/mol. The fraction of sp³-hybridized carbons (Fsp3) is 0.261. The van der Waals surface area contributed by atoms with Gasteiger partial charge in [-0.2, -0.15) is 0 Å². The van der Waals surface area contributed by atoms with Crippen LogP contribution in [0.5, 0.6) is 0 Å². The van der Waals surface area contributed by atoms with E-state index >= 15 is 0 Å². The molecule has 170 valence electrons. The van der Waals surface area contributed by atoms with Gasteiger partial charge in [0.05, 0.1) is 19.6 Å². The number of nitrogens with zero attached hydrogens (tertiary/aromatic N) is 1. The molecule has 0 radical (unpaired) electrons. The molecule has 3 rings (SSSR count). The van der Waals surface area contributed by atoms with Gasteiger partial charge in [0.15, 0.2) is 5.96 Å². The summed E-state index contributed by atoms with van der Waals surface area (Å²) in [6.45, 7) is 5.55. The molecule has 0 spiro atoms. The fourth-order valence-electron chi connectivity index (χ4n) is 3.10. The highest BCUT2D eigenvalue weighted by molar-refractivity contribution is 14.0. The lowest BCUT2D eigenvalue weighted by molar-refractivity contribution is -0.117. The maximum absolute atomic E-state index is 11.9. The number of benzene rings is 2. The van der Waals surface area contributed by atoms with Crippen molar-refractivity contribution >= 4 is 52.7 Å². The van der Waals surface area contributed by atoms with E-state index in [-0.39, 0.29) is 36.4 Å². The summed E-state index contributed by atoms with van der Waals surface area (Å²) in [5.74, 6) is 0.620. The fourth-order valence-corrected chi connectivity index (χ4v) is 3.10. The average molecular weight is 549 g/mol. The molecular formula is C23H28IN5O3. The van der Waals surface area contributed by atoms with Crippen molar-refractivity contribution in [1.29, 1.82) is 0 Å². The molecule has 0 atom stereocenters. The minimum atomic E-state index is -0.583. The Morgan fingerprint density at radius 1 is 1.03 bits per heavy atom. The van der Waals surface area contributed by atoms with Crippen LogP contribution in [0.15, 0.2) is 57.9 Å². The van der Waals surface area contributed by atoms with Crippen molar-refractivity contribution in [3.63, 3.8) is 0 Å². The molecule has 32 heavy (non-hydrogen) atoms. The smallest absolute Gasteiger partial charge is 0.251 e. The number of nitrogens with one attached hydrogen (secondary N) is 3. The number of nitrogens with two attached hydrogens (primary N) is 1. The van der Waals surface area contributed by atoms with Crippen molar-refractivity contribution in [3.05, 3.63) is 71.0 Å². The van der Waals surface area contributed by atoms with E-state index in [9.17, 15) is 9.59 Å². The SMILES string of the molecule is CCNC(=NCc1ccc(C(=O)NCC(N)=O)cc1)NCc1oc2ccccc2c1C.I. The van der Waals surface area contributed by atoms with Crippen molar-refractivity contribution < 1.29 is 14.0 Å². The Kier molecular flexibility index (Phi) is 9.51. The molecule has 0 aliphatic heterocycles. The number of furan rings is 1. The number of fused-ring (bicyclic) bond motifs is 1. The summed E-state index contributed by atoms with van der Waals surface area (Å²) in [6.07, 6.45) is 0. The molecule has 0 saturated heterocycles. The summed E-state index contributed by atoms with van der Waals surface area (Å²) in [5.41, 5.74) is 8.43. The highest BCUT2D eigenvalue weighted by Gasteiger charge is 2.10. The van der Waals surface area contributed by atoms with Crippen LogP contribution in [0.3, 0.4) is 0 Å². The molecule has 0 aliphatic carbocycles. The summed E-state index contributed by atoms with van der Waals surface area (Å²) in [5, 5.41) is 10.1. The number of para-hydroxylation sites is 1. The molecule has 0 fully saturated rings. The standard InChI is InChI=1S/C23H27N5O3.HI/c1-3-25-23(28-13-20-15(2)18-6-4-5-7-19(18)31-20)27-12-16-8-10-17(11-9-16)22(30)26-14-21(24)29;/h4-11H,3,12-14H2,1-2H3,(H2,24,29)(H,26,30)(H2,25,27,28);1H. The lowest BCUT2D eigenvalue weighted by Gasteiger charge is -2.11.